The van der Waals surface area contributed by atoms with Crippen molar-refractivity contribution >= 4 is 6.71 Å². The highest BCUT2D eigenvalue weighted by molar-refractivity contribution is 6.54. The monoisotopic (exact) mass is 262 g/mol. The number of nitrogens with one attached hydrogen (secondary N) is 1. The van der Waals surface area contributed by atoms with Crippen molar-refractivity contribution in [2.45, 2.75) is 46.8 Å². The molecule has 0 amide bonds. The average molecular weight is 262 g/mol. The topological polar surface area (TPSA) is 35.4 Å². The van der Waals surface area contributed by atoms with Gasteiger partial charge in [-0.3, -0.25) is 0 Å². The molecule has 0 radical (unpaired) electrons. The fourth-order valence-corrected chi connectivity index (χ4v) is 0. The molecule has 112 valence electrons. The van der Waals surface area contributed by atoms with Crippen LogP contribution < -0.4 is 5.32 Å². The first-order valence-corrected chi connectivity index (χ1v) is 6.43. The summed E-state index contributed by atoms with van der Waals surface area (Å²) < 4.78 is 0.750. The van der Waals surface area contributed by atoms with Crippen LogP contribution in [0.3, 0.4) is 0 Å². The maximum Gasteiger partial charge on any atom is 0.182 e. The summed E-state index contributed by atoms with van der Waals surface area (Å²) in [5.74, 6) is 0. The van der Waals surface area contributed by atoms with Crippen LogP contribution in [-0.2, 0) is 0 Å². The summed E-state index contributed by atoms with van der Waals surface area (Å²) in [6.45, 7) is 13.9. The van der Waals surface area contributed by atoms with Crippen molar-refractivity contribution in [1.82, 2.24) is 10.2 Å². The van der Waals surface area contributed by atoms with Gasteiger partial charge in [-0.15, -0.1) is 0 Å². The van der Waals surface area contributed by atoms with Gasteiger partial charge < -0.3 is 10.2 Å². The van der Waals surface area contributed by atoms with Gasteiger partial charge in [0.15, 0.2) is 14.1 Å². The SMILES string of the molecule is CB(C)C.CN(C)C(C)(C)C.CNC.C[N+](C)=O. The Morgan fingerprint density at radius 1 is 1.00 bits per heavy atom. The van der Waals surface area contributed by atoms with Crippen molar-refractivity contribution in [3.05, 3.63) is 4.91 Å². The molecule has 5 heteroatoms. The molecule has 0 aromatic heterocycles. The second kappa shape index (κ2) is 16.6. The summed E-state index contributed by atoms with van der Waals surface area (Å²) in [6, 6.07) is 0. The van der Waals surface area contributed by atoms with Gasteiger partial charge in [-0.05, 0) is 53.7 Å². The first kappa shape index (κ1) is 26.2. The molecule has 0 rings (SSSR count). The third kappa shape index (κ3) is 106. The lowest BCUT2D eigenvalue weighted by Gasteiger charge is -2.27. The van der Waals surface area contributed by atoms with Crippen LogP contribution in [0.4, 0.5) is 0 Å². The Bertz CT molecular complexity index is 159. The van der Waals surface area contributed by atoms with E-state index in [1.54, 1.807) is 0 Å². The highest BCUT2D eigenvalue weighted by Crippen LogP contribution is 2.05. The van der Waals surface area contributed by atoms with Gasteiger partial charge in [0.05, 0.1) is 0 Å². The number of nitroso groups, excluding NO2 is 1. The molecule has 18 heavy (non-hydrogen) atoms. The fourth-order valence-electron chi connectivity index (χ4n) is 0. The molecule has 0 bridgehead atoms. The molecule has 0 aliphatic heterocycles. The van der Waals surface area contributed by atoms with E-state index >= 15 is 0 Å². The van der Waals surface area contributed by atoms with Crippen LogP contribution in [0.25, 0.3) is 0 Å². The highest BCUT2D eigenvalue weighted by Gasteiger charge is 2.10. The second-order valence-electron chi connectivity index (χ2n) is 6.11. The number of nitrogens with zero attached hydrogens (tertiary/aromatic N) is 2. The quantitative estimate of drug-likeness (QED) is 0.538. The summed E-state index contributed by atoms with van der Waals surface area (Å²) in [5.41, 5.74) is 0.333. The van der Waals surface area contributed by atoms with Gasteiger partial charge in [-0.25, -0.2) is 0 Å². The number of hydrogen-bond donors (Lipinski definition) is 1. The zero-order valence-electron chi connectivity index (χ0n) is 14.9. The van der Waals surface area contributed by atoms with E-state index < -0.39 is 0 Å². The van der Waals surface area contributed by atoms with Crippen molar-refractivity contribution < 1.29 is 4.76 Å². The van der Waals surface area contributed by atoms with Gasteiger partial charge >= 0.3 is 0 Å². The molecule has 0 fully saturated rings. The van der Waals surface area contributed by atoms with Crippen LogP contribution in [-0.4, -0.2) is 64.2 Å². The molecular weight excluding hydrogens is 225 g/mol. The third-order valence-corrected chi connectivity index (χ3v) is 1.34. The summed E-state index contributed by atoms with van der Waals surface area (Å²) in [7, 11) is 10.8. The van der Waals surface area contributed by atoms with Crippen molar-refractivity contribution in [2.75, 3.05) is 42.3 Å². The van der Waals surface area contributed by atoms with E-state index in [1.807, 2.05) is 14.1 Å². The molecule has 0 unspecified atom stereocenters. The highest BCUT2D eigenvalue weighted by atomic mass is 16.3. The van der Waals surface area contributed by atoms with E-state index in [0.717, 1.165) is 11.5 Å². The minimum atomic E-state index is 0.333. The second-order valence-corrected chi connectivity index (χ2v) is 6.11. The van der Waals surface area contributed by atoms with Crippen LogP contribution in [0, 0.1) is 4.91 Å². The molecule has 4 nitrogen and oxygen atoms in total. The Morgan fingerprint density at radius 2 is 1.06 bits per heavy atom. The Morgan fingerprint density at radius 3 is 1.06 bits per heavy atom. The fraction of sp³-hybridized carbons (Fsp3) is 1.00. The smallest absolute Gasteiger partial charge is 0.182 e. The maximum absolute atomic E-state index is 9.36. The summed E-state index contributed by atoms with van der Waals surface area (Å²) in [4.78, 5) is 11.5. The Kier molecular flexibility index (Phi) is 24.1. The molecule has 0 aromatic rings. The van der Waals surface area contributed by atoms with Crippen molar-refractivity contribution in [2.24, 2.45) is 0 Å². The van der Waals surface area contributed by atoms with Crippen LogP contribution in [0.5, 0.6) is 0 Å². The molecule has 0 aliphatic carbocycles. The minimum Gasteiger partial charge on any atom is -0.323 e. The lowest BCUT2D eigenvalue weighted by molar-refractivity contribution is -0.486. The molecular formula is C13H37BN3O+. The molecule has 0 atom stereocenters. The summed E-state index contributed by atoms with van der Waals surface area (Å²) >= 11 is 0. The number of hydrogen-bond acceptors (Lipinski definition) is 3. The van der Waals surface area contributed by atoms with E-state index in [0.29, 0.717) is 5.54 Å². The number of rotatable bonds is 0. The van der Waals surface area contributed by atoms with Crippen LogP contribution in [0.15, 0.2) is 0 Å². The van der Waals surface area contributed by atoms with Gasteiger partial charge in [-0.1, -0.05) is 20.5 Å². The van der Waals surface area contributed by atoms with Gasteiger partial charge in [-0.2, -0.15) is 0 Å². The predicted molar refractivity (Wildman–Crippen MR) is 87.2 cm³/mol. The maximum atomic E-state index is 9.36. The Balaban J connectivity index is -0.0000000775. The predicted octanol–water partition coefficient (Wildman–Crippen LogP) is 2.58. The third-order valence-electron chi connectivity index (χ3n) is 1.34. The van der Waals surface area contributed by atoms with Gasteiger partial charge in [0, 0.05) is 10.4 Å². The van der Waals surface area contributed by atoms with Crippen LogP contribution >= 0.6 is 0 Å². The summed E-state index contributed by atoms with van der Waals surface area (Å²) in [5, 5.41) is 2.75. The Hall–Kier alpha value is -0.415. The molecule has 0 aromatic carbocycles. The lowest BCUT2D eigenvalue weighted by atomic mass is 9.58. The molecule has 0 aliphatic rings. The van der Waals surface area contributed by atoms with Crippen molar-refractivity contribution in [3.63, 3.8) is 0 Å². The van der Waals surface area contributed by atoms with Crippen LogP contribution in [0.2, 0.25) is 20.5 Å². The minimum absolute atomic E-state index is 0.333. The van der Waals surface area contributed by atoms with E-state index in [-0.39, 0.29) is 0 Å². The summed E-state index contributed by atoms with van der Waals surface area (Å²) in [6.07, 6.45) is 0. The van der Waals surface area contributed by atoms with Gasteiger partial charge in [0.25, 0.3) is 0 Å². The van der Waals surface area contributed by atoms with E-state index in [2.05, 4.69) is 65.6 Å². The van der Waals surface area contributed by atoms with Crippen molar-refractivity contribution in [3.8, 4) is 0 Å². The molecule has 0 heterocycles. The normalized spacial score (nSPS) is 8.94. The standard InChI is InChI=1S/C6H15N.C3H9B.C2H6NO.C2H7N/c1-6(2,3)7(4)5;1-4(2)3;1-3(2)4;1-3-2/h1-5H3;1-3H3;1-2H3;3H,1-2H3/q;;+1;. The van der Waals surface area contributed by atoms with E-state index in [4.69, 9.17) is 0 Å². The van der Waals surface area contributed by atoms with E-state index in [9.17, 15) is 4.91 Å². The molecule has 0 saturated carbocycles. The average Bonchev–Trinajstić information content (AvgIpc) is 2.00. The molecule has 1 N–H and O–H groups in total. The van der Waals surface area contributed by atoms with Gasteiger partial charge in [0.1, 0.15) is 6.71 Å². The van der Waals surface area contributed by atoms with Gasteiger partial charge in [0.2, 0.25) is 0 Å². The lowest BCUT2D eigenvalue weighted by Crippen LogP contribution is -2.34. The largest absolute Gasteiger partial charge is 0.323 e. The first-order chi connectivity index (χ1) is 7.82. The zero-order valence-corrected chi connectivity index (χ0v) is 14.9. The Labute approximate surface area is 116 Å². The molecule has 0 spiro atoms. The first-order valence-electron chi connectivity index (χ1n) is 6.43. The zero-order chi connectivity index (χ0) is 15.9. The molecule has 0 saturated heterocycles. The van der Waals surface area contributed by atoms with Crippen molar-refractivity contribution in [1.29, 1.82) is 0 Å². The van der Waals surface area contributed by atoms with Crippen LogP contribution in [0.1, 0.15) is 20.8 Å². The van der Waals surface area contributed by atoms with E-state index in [1.165, 1.54) is 14.1 Å².